The molecule has 0 heterocycles. The molecule has 3 unspecified atom stereocenters. The van der Waals surface area contributed by atoms with Crippen LogP contribution < -0.4 is 5.73 Å². The van der Waals surface area contributed by atoms with E-state index in [4.69, 9.17) is 10.5 Å². The molecule has 0 spiro atoms. The molecule has 2 nitrogen and oxygen atoms in total. The second-order valence-corrected chi connectivity index (χ2v) is 5.48. The van der Waals surface area contributed by atoms with E-state index in [9.17, 15) is 0 Å². The molecule has 17 heavy (non-hydrogen) atoms. The molecule has 0 rings (SSSR count). The molecule has 0 saturated carbocycles. The molecule has 104 valence electrons. The number of rotatable bonds is 10. The standard InChI is InChI=1S/C15H33NO/c1-6-9-10-13(7-2)11-14(16)15(12(4)5)17-8-3/h12-15H,6-11,16H2,1-5H3. The third kappa shape index (κ3) is 7.05. The van der Waals surface area contributed by atoms with Crippen molar-refractivity contribution in [3.05, 3.63) is 0 Å². The van der Waals surface area contributed by atoms with Gasteiger partial charge in [0.25, 0.3) is 0 Å². The molecule has 3 atom stereocenters. The molecule has 0 aliphatic rings. The van der Waals surface area contributed by atoms with Gasteiger partial charge in [-0.2, -0.15) is 0 Å². The smallest absolute Gasteiger partial charge is 0.0748 e. The fourth-order valence-corrected chi connectivity index (χ4v) is 2.50. The molecule has 0 amide bonds. The molecule has 0 bridgehead atoms. The summed E-state index contributed by atoms with van der Waals surface area (Å²) in [5.74, 6) is 1.28. The van der Waals surface area contributed by atoms with Crippen LogP contribution in [0.15, 0.2) is 0 Å². The minimum atomic E-state index is 0.191. The highest BCUT2D eigenvalue weighted by molar-refractivity contribution is 4.79. The fraction of sp³-hybridized carbons (Fsp3) is 1.00. The van der Waals surface area contributed by atoms with E-state index in [1.165, 1.54) is 25.7 Å². The Kier molecular flexibility index (Phi) is 9.85. The quantitative estimate of drug-likeness (QED) is 0.630. The maximum absolute atomic E-state index is 6.33. The van der Waals surface area contributed by atoms with Crippen LogP contribution in [0.1, 0.15) is 66.7 Å². The first-order valence-electron chi connectivity index (χ1n) is 7.43. The Labute approximate surface area is 108 Å². The van der Waals surface area contributed by atoms with Crippen LogP contribution in [0.5, 0.6) is 0 Å². The minimum absolute atomic E-state index is 0.191. The minimum Gasteiger partial charge on any atom is -0.377 e. The average Bonchev–Trinajstić information content (AvgIpc) is 2.30. The molecular weight excluding hydrogens is 210 g/mol. The van der Waals surface area contributed by atoms with Gasteiger partial charge in [-0.25, -0.2) is 0 Å². The van der Waals surface area contributed by atoms with Gasteiger partial charge in [-0.3, -0.25) is 0 Å². The third-order valence-electron chi connectivity index (χ3n) is 3.59. The Morgan fingerprint density at radius 1 is 1.12 bits per heavy atom. The number of hydrogen-bond donors (Lipinski definition) is 1. The lowest BCUT2D eigenvalue weighted by Crippen LogP contribution is -2.41. The van der Waals surface area contributed by atoms with Crippen LogP contribution >= 0.6 is 0 Å². The summed E-state index contributed by atoms with van der Waals surface area (Å²) >= 11 is 0. The van der Waals surface area contributed by atoms with Crippen molar-refractivity contribution in [2.24, 2.45) is 17.6 Å². The summed E-state index contributed by atoms with van der Waals surface area (Å²) in [5.41, 5.74) is 6.33. The van der Waals surface area contributed by atoms with Crippen molar-refractivity contribution in [3.8, 4) is 0 Å². The Hall–Kier alpha value is -0.0800. The van der Waals surface area contributed by atoms with Gasteiger partial charge in [0.1, 0.15) is 0 Å². The molecule has 0 aromatic rings. The molecule has 0 radical (unpaired) electrons. The third-order valence-corrected chi connectivity index (χ3v) is 3.59. The molecule has 2 N–H and O–H groups in total. The lowest BCUT2D eigenvalue weighted by atomic mass is 9.87. The summed E-state index contributed by atoms with van der Waals surface area (Å²) < 4.78 is 5.79. The van der Waals surface area contributed by atoms with E-state index in [0.717, 1.165) is 18.9 Å². The molecule has 0 aliphatic heterocycles. The van der Waals surface area contributed by atoms with Gasteiger partial charge in [0.15, 0.2) is 0 Å². The fourth-order valence-electron chi connectivity index (χ4n) is 2.50. The first kappa shape index (κ1) is 16.9. The largest absolute Gasteiger partial charge is 0.377 e. The van der Waals surface area contributed by atoms with Gasteiger partial charge in [-0.1, -0.05) is 53.4 Å². The SMILES string of the molecule is CCCCC(CC)CC(N)C(OCC)C(C)C. The van der Waals surface area contributed by atoms with Crippen molar-refractivity contribution in [2.75, 3.05) is 6.61 Å². The second-order valence-electron chi connectivity index (χ2n) is 5.48. The van der Waals surface area contributed by atoms with Gasteiger partial charge in [-0.15, -0.1) is 0 Å². The topological polar surface area (TPSA) is 35.2 Å². The number of unbranched alkanes of at least 4 members (excludes halogenated alkanes) is 1. The van der Waals surface area contributed by atoms with Gasteiger partial charge in [0.2, 0.25) is 0 Å². The van der Waals surface area contributed by atoms with Crippen molar-refractivity contribution < 1.29 is 4.74 Å². The molecule has 0 fully saturated rings. The van der Waals surface area contributed by atoms with Crippen LogP contribution in [0.4, 0.5) is 0 Å². The van der Waals surface area contributed by atoms with E-state index in [2.05, 4.69) is 34.6 Å². The van der Waals surface area contributed by atoms with Gasteiger partial charge < -0.3 is 10.5 Å². The van der Waals surface area contributed by atoms with Crippen molar-refractivity contribution in [2.45, 2.75) is 78.9 Å². The summed E-state index contributed by atoms with van der Waals surface area (Å²) in [5, 5.41) is 0. The normalized spacial score (nSPS) is 17.1. The van der Waals surface area contributed by atoms with E-state index in [0.29, 0.717) is 5.92 Å². The Morgan fingerprint density at radius 2 is 1.76 bits per heavy atom. The lowest BCUT2D eigenvalue weighted by molar-refractivity contribution is 0.00686. The lowest BCUT2D eigenvalue weighted by Gasteiger charge is -2.29. The summed E-state index contributed by atoms with van der Waals surface area (Å²) in [6.45, 7) is 11.8. The summed E-state index contributed by atoms with van der Waals surface area (Å²) in [7, 11) is 0. The van der Waals surface area contributed by atoms with Crippen molar-refractivity contribution in [1.29, 1.82) is 0 Å². The van der Waals surface area contributed by atoms with E-state index in [1.807, 2.05) is 0 Å². The van der Waals surface area contributed by atoms with Gasteiger partial charge >= 0.3 is 0 Å². The van der Waals surface area contributed by atoms with Crippen molar-refractivity contribution >= 4 is 0 Å². The first-order valence-corrected chi connectivity index (χ1v) is 7.43. The molecule has 0 aromatic heterocycles. The van der Waals surface area contributed by atoms with Crippen LogP contribution in [0.2, 0.25) is 0 Å². The molecule has 0 aliphatic carbocycles. The highest BCUT2D eigenvalue weighted by Crippen LogP contribution is 2.22. The Bertz CT molecular complexity index is 170. The Morgan fingerprint density at radius 3 is 2.18 bits per heavy atom. The van der Waals surface area contributed by atoms with Crippen molar-refractivity contribution in [1.82, 2.24) is 0 Å². The predicted octanol–water partition coefficient (Wildman–Crippen LogP) is 3.98. The first-order chi connectivity index (χ1) is 8.06. The Balaban J connectivity index is 4.19. The number of hydrogen-bond acceptors (Lipinski definition) is 2. The molecule has 0 aromatic carbocycles. The maximum atomic E-state index is 6.33. The van der Waals surface area contributed by atoms with Gasteiger partial charge in [0.05, 0.1) is 6.10 Å². The number of nitrogens with two attached hydrogens (primary N) is 1. The van der Waals surface area contributed by atoms with Gasteiger partial charge in [0, 0.05) is 12.6 Å². The summed E-state index contributed by atoms with van der Waals surface area (Å²) in [4.78, 5) is 0. The van der Waals surface area contributed by atoms with Crippen LogP contribution in [-0.2, 0) is 4.74 Å². The van der Waals surface area contributed by atoms with Gasteiger partial charge in [-0.05, 0) is 25.2 Å². The highest BCUT2D eigenvalue weighted by Gasteiger charge is 2.23. The molecule has 2 heteroatoms. The zero-order chi connectivity index (χ0) is 13.3. The van der Waals surface area contributed by atoms with Crippen LogP contribution in [0, 0.1) is 11.8 Å². The zero-order valence-electron chi connectivity index (χ0n) is 12.5. The number of ether oxygens (including phenoxy) is 1. The highest BCUT2D eigenvalue weighted by atomic mass is 16.5. The second kappa shape index (κ2) is 9.90. The monoisotopic (exact) mass is 243 g/mol. The van der Waals surface area contributed by atoms with E-state index in [1.54, 1.807) is 0 Å². The van der Waals surface area contributed by atoms with Crippen LogP contribution in [0.3, 0.4) is 0 Å². The predicted molar refractivity (Wildman–Crippen MR) is 76.2 cm³/mol. The molecule has 0 saturated heterocycles. The maximum Gasteiger partial charge on any atom is 0.0748 e. The summed E-state index contributed by atoms with van der Waals surface area (Å²) in [6, 6.07) is 0.191. The zero-order valence-corrected chi connectivity index (χ0v) is 12.5. The van der Waals surface area contributed by atoms with Crippen molar-refractivity contribution in [3.63, 3.8) is 0 Å². The van der Waals surface area contributed by atoms with E-state index >= 15 is 0 Å². The van der Waals surface area contributed by atoms with E-state index in [-0.39, 0.29) is 12.1 Å². The molecular formula is C15H33NO. The average molecular weight is 243 g/mol. The van der Waals surface area contributed by atoms with E-state index < -0.39 is 0 Å². The summed E-state index contributed by atoms with van der Waals surface area (Å²) in [6.07, 6.45) is 6.49. The van der Waals surface area contributed by atoms with Crippen LogP contribution in [-0.4, -0.2) is 18.8 Å². The van der Waals surface area contributed by atoms with Crippen LogP contribution in [0.25, 0.3) is 0 Å².